The molecule has 5 heteroatoms. The Labute approximate surface area is 139 Å². The molecule has 0 aliphatic heterocycles. The first-order valence-corrected chi connectivity index (χ1v) is 7.86. The summed E-state index contributed by atoms with van der Waals surface area (Å²) in [5.41, 5.74) is 2.65. The molecule has 0 amide bonds. The summed E-state index contributed by atoms with van der Waals surface area (Å²) >= 11 is 12.0. The number of nitrogens with one attached hydrogen (secondary N) is 1. The van der Waals surface area contributed by atoms with Gasteiger partial charge in [-0.1, -0.05) is 37.0 Å². The Morgan fingerprint density at radius 3 is 2.45 bits per heavy atom. The lowest BCUT2D eigenvalue weighted by molar-refractivity contribution is 0.271. The standard InChI is InChI=1S/C17H16Cl2N2O/c1-10(2)9-22-12-5-3-11(4-6-12)17-20-15-7-13(18)14(19)8-16(15)21-17/h3-8,10H,9H2,1-2H3,(H,20,21). The maximum Gasteiger partial charge on any atom is 0.138 e. The van der Waals surface area contributed by atoms with Crippen molar-refractivity contribution >= 4 is 34.2 Å². The molecule has 0 fully saturated rings. The summed E-state index contributed by atoms with van der Waals surface area (Å²) in [6, 6.07) is 11.4. The van der Waals surface area contributed by atoms with Crippen molar-refractivity contribution in [3.63, 3.8) is 0 Å². The minimum absolute atomic E-state index is 0.504. The average Bonchev–Trinajstić information content (AvgIpc) is 2.89. The third-order valence-electron chi connectivity index (χ3n) is 3.24. The summed E-state index contributed by atoms with van der Waals surface area (Å²) in [4.78, 5) is 7.80. The first-order chi connectivity index (χ1) is 10.5. The van der Waals surface area contributed by atoms with E-state index in [-0.39, 0.29) is 0 Å². The van der Waals surface area contributed by atoms with Crippen LogP contribution in [0, 0.1) is 5.92 Å². The second kappa shape index (κ2) is 6.19. The summed E-state index contributed by atoms with van der Waals surface area (Å²) in [5.74, 6) is 2.15. The van der Waals surface area contributed by atoms with Crippen molar-refractivity contribution in [3.8, 4) is 17.1 Å². The van der Waals surface area contributed by atoms with Crippen molar-refractivity contribution in [2.75, 3.05) is 6.61 Å². The van der Waals surface area contributed by atoms with E-state index in [1.807, 2.05) is 24.3 Å². The first-order valence-electron chi connectivity index (χ1n) is 7.11. The van der Waals surface area contributed by atoms with Gasteiger partial charge in [0.05, 0.1) is 27.7 Å². The van der Waals surface area contributed by atoms with Gasteiger partial charge in [-0.2, -0.15) is 0 Å². The van der Waals surface area contributed by atoms with Crippen molar-refractivity contribution in [2.45, 2.75) is 13.8 Å². The highest BCUT2D eigenvalue weighted by Crippen LogP contribution is 2.29. The van der Waals surface area contributed by atoms with Gasteiger partial charge in [0, 0.05) is 5.56 Å². The quantitative estimate of drug-likeness (QED) is 0.677. The van der Waals surface area contributed by atoms with Crippen LogP contribution in [0.25, 0.3) is 22.4 Å². The molecule has 3 aromatic rings. The fourth-order valence-electron chi connectivity index (χ4n) is 2.11. The van der Waals surface area contributed by atoms with Gasteiger partial charge >= 0.3 is 0 Å². The second-order valence-electron chi connectivity index (χ2n) is 5.60. The topological polar surface area (TPSA) is 37.9 Å². The highest BCUT2D eigenvalue weighted by atomic mass is 35.5. The molecule has 0 radical (unpaired) electrons. The van der Waals surface area contributed by atoms with E-state index in [2.05, 4.69) is 23.8 Å². The summed E-state index contributed by atoms with van der Waals surface area (Å²) in [6.45, 7) is 4.96. The van der Waals surface area contributed by atoms with Crippen LogP contribution < -0.4 is 4.74 Å². The SMILES string of the molecule is CC(C)COc1ccc(-c2nc3cc(Cl)c(Cl)cc3[nH]2)cc1. The number of H-pyrrole nitrogens is 1. The number of fused-ring (bicyclic) bond motifs is 1. The summed E-state index contributed by atoms with van der Waals surface area (Å²) in [5, 5.41) is 1.02. The molecule has 22 heavy (non-hydrogen) atoms. The molecule has 0 aliphatic carbocycles. The number of aromatic amines is 1. The van der Waals surface area contributed by atoms with Crippen molar-refractivity contribution in [2.24, 2.45) is 5.92 Å². The largest absolute Gasteiger partial charge is 0.493 e. The number of nitrogens with zero attached hydrogens (tertiary/aromatic N) is 1. The van der Waals surface area contributed by atoms with E-state index in [4.69, 9.17) is 27.9 Å². The van der Waals surface area contributed by atoms with Crippen molar-refractivity contribution in [1.29, 1.82) is 0 Å². The summed E-state index contributed by atoms with van der Waals surface area (Å²) < 4.78 is 5.68. The Hall–Kier alpha value is -1.71. The smallest absolute Gasteiger partial charge is 0.138 e. The van der Waals surface area contributed by atoms with Gasteiger partial charge in [0.25, 0.3) is 0 Å². The fraction of sp³-hybridized carbons (Fsp3) is 0.235. The lowest BCUT2D eigenvalue weighted by Crippen LogP contribution is -2.04. The van der Waals surface area contributed by atoms with E-state index >= 15 is 0 Å². The van der Waals surface area contributed by atoms with Crippen LogP contribution >= 0.6 is 23.2 Å². The molecule has 0 unspecified atom stereocenters. The predicted molar refractivity (Wildman–Crippen MR) is 91.9 cm³/mol. The van der Waals surface area contributed by atoms with E-state index in [1.54, 1.807) is 12.1 Å². The number of ether oxygens (including phenoxy) is 1. The summed E-state index contributed by atoms with van der Waals surface area (Å²) in [6.07, 6.45) is 0. The Kier molecular flexibility index (Phi) is 4.27. The van der Waals surface area contributed by atoms with Gasteiger partial charge in [-0.15, -0.1) is 0 Å². The molecule has 3 rings (SSSR count). The zero-order chi connectivity index (χ0) is 15.7. The number of hydrogen-bond donors (Lipinski definition) is 1. The van der Waals surface area contributed by atoms with Gasteiger partial charge in [-0.25, -0.2) is 4.98 Å². The lowest BCUT2D eigenvalue weighted by atomic mass is 10.2. The molecule has 0 saturated heterocycles. The van der Waals surface area contributed by atoms with Crippen LogP contribution in [0.4, 0.5) is 0 Å². The van der Waals surface area contributed by atoms with E-state index in [0.717, 1.165) is 28.2 Å². The maximum atomic E-state index is 6.03. The third kappa shape index (κ3) is 3.21. The molecule has 0 aliphatic rings. The first kappa shape index (κ1) is 15.2. The molecular weight excluding hydrogens is 319 g/mol. The predicted octanol–water partition coefficient (Wildman–Crippen LogP) is 5.57. The fourth-order valence-corrected chi connectivity index (χ4v) is 2.44. The van der Waals surface area contributed by atoms with E-state index in [0.29, 0.717) is 22.6 Å². The molecule has 1 N–H and O–H groups in total. The Morgan fingerprint density at radius 2 is 1.77 bits per heavy atom. The average molecular weight is 335 g/mol. The molecule has 114 valence electrons. The highest BCUT2D eigenvalue weighted by Gasteiger charge is 2.08. The van der Waals surface area contributed by atoms with Gasteiger partial charge in [0.15, 0.2) is 0 Å². The van der Waals surface area contributed by atoms with Crippen molar-refractivity contribution in [1.82, 2.24) is 9.97 Å². The minimum Gasteiger partial charge on any atom is -0.493 e. The number of rotatable bonds is 4. The van der Waals surface area contributed by atoms with Crippen LogP contribution in [0.15, 0.2) is 36.4 Å². The van der Waals surface area contributed by atoms with Crippen LogP contribution in [0.5, 0.6) is 5.75 Å². The molecule has 2 aromatic carbocycles. The van der Waals surface area contributed by atoms with Gasteiger partial charge in [-0.05, 0) is 42.3 Å². The van der Waals surface area contributed by atoms with E-state index < -0.39 is 0 Å². The number of benzene rings is 2. The van der Waals surface area contributed by atoms with E-state index in [9.17, 15) is 0 Å². The highest BCUT2D eigenvalue weighted by molar-refractivity contribution is 6.42. The van der Waals surface area contributed by atoms with Crippen LogP contribution in [-0.2, 0) is 0 Å². The number of imidazole rings is 1. The van der Waals surface area contributed by atoms with Crippen molar-refractivity contribution < 1.29 is 4.74 Å². The minimum atomic E-state index is 0.504. The normalized spacial score (nSPS) is 11.3. The molecule has 0 bridgehead atoms. The van der Waals surface area contributed by atoms with Crippen LogP contribution in [0.2, 0.25) is 10.0 Å². The number of aromatic nitrogens is 2. The molecule has 1 heterocycles. The van der Waals surface area contributed by atoms with Gasteiger partial charge in [0.2, 0.25) is 0 Å². The maximum absolute atomic E-state index is 6.03. The molecular formula is C17H16Cl2N2O. The number of halogens is 2. The van der Waals surface area contributed by atoms with Crippen LogP contribution in [-0.4, -0.2) is 16.6 Å². The Balaban J connectivity index is 1.87. The van der Waals surface area contributed by atoms with Gasteiger partial charge in [-0.3, -0.25) is 0 Å². The van der Waals surface area contributed by atoms with Crippen molar-refractivity contribution in [3.05, 3.63) is 46.4 Å². The Morgan fingerprint density at radius 1 is 1.09 bits per heavy atom. The van der Waals surface area contributed by atoms with Gasteiger partial charge < -0.3 is 9.72 Å². The molecule has 1 aromatic heterocycles. The zero-order valence-corrected chi connectivity index (χ0v) is 13.9. The third-order valence-corrected chi connectivity index (χ3v) is 3.96. The van der Waals surface area contributed by atoms with E-state index in [1.165, 1.54) is 0 Å². The monoisotopic (exact) mass is 334 g/mol. The van der Waals surface area contributed by atoms with Gasteiger partial charge in [0.1, 0.15) is 11.6 Å². The second-order valence-corrected chi connectivity index (χ2v) is 6.41. The molecule has 0 atom stereocenters. The molecule has 0 saturated carbocycles. The van der Waals surface area contributed by atoms with Crippen LogP contribution in [0.1, 0.15) is 13.8 Å². The number of hydrogen-bond acceptors (Lipinski definition) is 2. The lowest BCUT2D eigenvalue weighted by Gasteiger charge is -2.08. The van der Waals surface area contributed by atoms with Crippen LogP contribution in [0.3, 0.4) is 0 Å². The summed E-state index contributed by atoms with van der Waals surface area (Å²) in [7, 11) is 0. The molecule has 0 spiro atoms. The molecule has 3 nitrogen and oxygen atoms in total. The Bertz CT molecular complexity index is 755. The zero-order valence-electron chi connectivity index (χ0n) is 12.4.